The molecule has 4 rings (SSSR count). The van der Waals surface area contributed by atoms with Crippen LogP contribution in [0.15, 0.2) is 73.1 Å². The Kier molecular flexibility index (Phi) is 5.95. The lowest BCUT2D eigenvalue weighted by molar-refractivity contribution is 0.250. The van der Waals surface area contributed by atoms with E-state index in [4.69, 9.17) is 0 Å². The molecule has 0 aliphatic carbocycles. The molecule has 1 aromatic heterocycles. The monoisotopic (exact) mass is 417 g/mol. The topological polar surface area (TPSA) is 62.2 Å². The minimum atomic E-state index is -0.300. The van der Waals surface area contributed by atoms with Gasteiger partial charge in [-0.15, -0.1) is 0 Å². The van der Waals surface area contributed by atoms with Crippen LogP contribution in [0.5, 0.6) is 0 Å². The largest absolute Gasteiger partial charge is 0.337 e. The van der Waals surface area contributed by atoms with Crippen LogP contribution in [0.2, 0.25) is 0 Å². The standard InChI is InChI=1S/C24H24FN5O/c1-29(2)14-13-26-24(31)28-19-10-7-17(8-11-19)18-9-12-21-23(15-18)30(16-27-21)22-6-4-3-5-20(22)25/h3-12,15-16H,13-14H2,1-2H3,(H2,26,28,31). The zero-order valence-corrected chi connectivity index (χ0v) is 17.5. The first kappa shape index (κ1) is 20.6. The Balaban J connectivity index is 1.53. The minimum absolute atomic E-state index is 0.232. The molecule has 3 aromatic carbocycles. The van der Waals surface area contributed by atoms with E-state index in [9.17, 15) is 9.18 Å². The van der Waals surface area contributed by atoms with E-state index in [1.54, 1.807) is 29.1 Å². The van der Waals surface area contributed by atoms with Gasteiger partial charge in [0.1, 0.15) is 12.1 Å². The van der Waals surface area contributed by atoms with Crippen molar-refractivity contribution in [3.63, 3.8) is 0 Å². The number of hydrogen-bond acceptors (Lipinski definition) is 3. The molecule has 0 saturated carbocycles. The molecule has 2 N–H and O–H groups in total. The van der Waals surface area contributed by atoms with Crippen LogP contribution in [-0.2, 0) is 0 Å². The highest BCUT2D eigenvalue weighted by Gasteiger charge is 2.10. The molecule has 31 heavy (non-hydrogen) atoms. The van der Waals surface area contributed by atoms with Crippen LogP contribution in [-0.4, -0.2) is 47.7 Å². The number of benzene rings is 3. The predicted octanol–water partition coefficient (Wildman–Crippen LogP) is 4.51. The van der Waals surface area contributed by atoms with Crippen molar-refractivity contribution in [2.24, 2.45) is 0 Å². The van der Waals surface area contributed by atoms with Crippen LogP contribution in [0.4, 0.5) is 14.9 Å². The fourth-order valence-electron chi connectivity index (χ4n) is 3.34. The number of halogens is 1. The van der Waals surface area contributed by atoms with Crippen LogP contribution < -0.4 is 10.6 Å². The molecule has 4 aromatic rings. The number of imidazole rings is 1. The summed E-state index contributed by atoms with van der Waals surface area (Å²) in [6.45, 7) is 1.35. The van der Waals surface area contributed by atoms with Crippen LogP contribution in [0.1, 0.15) is 0 Å². The van der Waals surface area contributed by atoms with E-state index in [2.05, 4.69) is 15.6 Å². The lowest BCUT2D eigenvalue weighted by Crippen LogP contribution is -2.34. The number of fused-ring (bicyclic) bond motifs is 1. The average molecular weight is 417 g/mol. The summed E-state index contributed by atoms with van der Waals surface area (Å²) >= 11 is 0. The van der Waals surface area contributed by atoms with Gasteiger partial charge in [-0.1, -0.05) is 30.3 Å². The second-order valence-corrected chi connectivity index (χ2v) is 7.53. The van der Waals surface area contributed by atoms with Gasteiger partial charge in [0.2, 0.25) is 0 Å². The van der Waals surface area contributed by atoms with Gasteiger partial charge in [-0.25, -0.2) is 14.2 Å². The zero-order valence-electron chi connectivity index (χ0n) is 17.5. The molecule has 0 aliphatic rings. The number of nitrogens with zero attached hydrogens (tertiary/aromatic N) is 3. The zero-order chi connectivity index (χ0) is 21.8. The van der Waals surface area contributed by atoms with Crippen LogP contribution in [0.25, 0.3) is 27.8 Å². The Morgan fingerprint density at radius 2 is 1.77 bits per heavy atom. The summed E-state index contributed by atoms with van der Waals surface area (Å²) in [6.07, 6.45) is 1.63. The molecule has 6 nitrogen and oxygen atoms in total. The fraction of sp³-hybridized carbons (Fsp3) is 0.167. The molecule has 0 aliphatic heterocycles. The van der Waals surface area contributed by atoms with Gasteiger partial charge in [0.15, 0.2) is 0 Å². The number of carbonyl (C=O) groups excluding carboxylic acids is 1. The number of carbonyl (C=O) groups is 1. The van der Waals surface area contributed by atoms with Crippen LogP contribution >= 0.6 is 0 Å². The summed E-state index contributed by atoms with van der Waals surface area (Å²) in [4.78, 5) is 18.4. The van der Waals surface area contributed by atoms with E-state index in [1.807, 2.05) is 61.5 Å². The summed E-state index contributed by atoms with van der Waals surface area (Å²) < 4.78 is 16.0. The van der Waals surface area contributed by atoms with Gasteiger partial charge in [-0.3, -0.25) is 4.57 Å². The first-order valence-electron chi connectivity index (χ1n) is 10.0. The third kappa shape index (κ3) is 4.73. The van der Waals surface area contributed by atoms with Gasteiger partial charge in [0.05, 0.1) is 16.7 Å². The Bertz CT molecular complexity index is 1200. The molecule has 0 radical (unpaired) electrons. The van der Waals surface area contributed by atoms with Gasteiger partial charge < -0.3 is 15.5 Å². The maximum absolute atomic E-state index is 14.3. The Morgan fingerprint density at radius 1 is 1.03 bits per heavy atom. The highest BCUT2D eigenvalue weighted by Crippen LogP contribution is 2.27. The first-order valence-corrected chi connectivity index (χ1v) is 10.0. The molecule has 0 bridgehead atoms. The summed E-state index contributed by atoms with van der Waals surface area (Å²) in [6, 6.07) is 19.9. The number of hydrogen-bond donors (Lipinski definition) is 2. The Morgan fingerprint density at radius 3 is 2.52 bits per heavy atom. The Hall–Kier alpha value is -3.71. The van der Waals surface area contributed by atoms with Crippen LogP contribution in [0, 0.1) is 5.82 Å². The molecular formula is C24H24FN5O. The molecule has 0 spiro atoms. The van der Waals surface area contributed by atoms with Crippen molar-refractivity contribution in [3.05, 3.63) is 78.9 Å². The molecule has 7 heteroatoms. The molecule has 0 unspecified atom stereocenters. The summed E-state index contributed by atoms with van der Waals surface area (Å²) in [5.41, 5.74) is 4.75. The van der Waals surface area contributed by atoms with Crippen molar-refractivity contribution in [2.45, 2.75) is 0 Å². The number of rotatable bonds is 6. The molecule has 0 fully saturated rings. The summed E-state index contributed by atoms with van der Waals surface area (Å²) in [7, 11) is 3.91. The fourth-order valence-corrected chi connectivity index (χ4v) is 3.34. The van der Waals surface area contributed by atoms with E-state index >= 15 is 0 Å². The molecule has 1 heterocycles. The van der Waals surface area contributed by atoms with E-state index < -0.39 is 0 Å². The SMILES string of the molecule is CN(C)CCNC(=O)Nc1ccc(-c2ccc3ncn(-c4ccccc4F)c3c2)cc1. The van der Waals surface area contributed by atoms with Gasteiger partial charge in [-0.2, -0.15) is 0 Å². The third-order valence-corrected chi connectivity index (χ3v) is 4.98. The molecule has 0 atom stereocenters. The predicted molar refractivity (Wildman–Crippen MR) is 122 cm³/mol. The lowest BCUT2D eigenvalue weighted by atomic mass is 10.0. The van der Waals surface area contributed by atoms with Crippen molar-refractivity contribution in [1.82, 2.24) is 19.8 Å². The summed E-state index contributed by atoms with van der Waals surface area (Å²) in [5.74, 6) is -0.300. The number of urea groups is 1. The number of nitrogens with one attached hydrogen (secondary N) is 2. The molecule has 2 amide bonds. The van der Waals surface area contributed by atoms with Gasteiger partial charge in [0, 0.05) is 18.8 Å². The van der Waals surface area contributed by atoms with Gasteiger partial charge in [-0.05, 0) is 61.6 Å². The molecular weight excluding hydrogens is 393 g/mol. The highest BCUT2D eigenvalue weighted by molar-refractivity contribution is 5.90. The minimum Gasteiger partial charge on any atom is -0.337 e. The van der Waals surface area contributed by atoms with E-state index in [0.29, 0.717) is 17.9 Å². The van der Waals surface area contributed by atoms with E-state index in [0.717, 1.165) is 28.7 Å². The van der Waals surface area contributed by atoms with Crippen molar-refractivity contribution < 1.29 is 9.18 Å². The number of amides is 2. The number of para-hydroxylation sites is 1. The maximum atomic E-state index is 14.3. The highest BCUT2D eigenvalue weighted by atomic mass is 19.1. The van der Waals surface area contributed by atoms with E-state index in [1.165, 1.54) is 6.07 Å². The Labute approximate surface area is 180 Å². The quantitative estimate of drug-likeness (QED) is 0.485. The number of anilines is 1. The van der Waals surface area contributed by atoms with Crippen molar-refractivity contribution in [3.8, 4) is 16.8 Å². The molecule has 0 saturated heterocycles. The van der Waals surface area contributed by atoms with Crippen molar-refractivity contribution in [2.75, 3.05) is 32.5 Å². The van der Waals surface area contributed by atoms with Crippen molar-refractivity contribution in [1.29, 1.82) is 0 Å². The number of likely N-dealkylation sites (N-methyl/N-ethyl adjacent to an activating group) is 1. The van der Waals surface area contributed by atoms with Gasteiger partial charge in [0.25, 0.3) is 0 Å². The van der Waals surface area contributed by atoms with E-state index in [-0.39, 0.29) is 11.8 Å². The maximum Gasteiger partial charge on any atom is 0.319 e. The second kappa shape index (κ2) is 8.97. The number of aromatic nitrogens is 2. The van der Waals surface area contributed by atoms with Crippen LogP contribution in [0.3, 0.4) is 0 Å². The second-order valence-electron chi connectivity index (χ2n) is 7.53. The normalized spacial score (nSPS) is 11.1. The average Bonchev–Trinajstić information content (AvgIpc) is 3.17. The lowest BCUT2D eigenvalue weighted by Gasteiger charge is -2.11. The third-order valence-electron chi connectivity index (χ3n) is 4.98. The van der Waals surface area contributed by atoms with Gasteiger partial charge >= 0.3 is 6.03 Å². The first-order chi connectivity index (χ1) is 15.0. The van der Waals surface area contributed by atoms with Crippen molar-refractivity contribution >= 4 is 22.8 Å². The smallest absolute Gasteiger partial charge is 0.319 e. The molecule has 158 valence electrons. The summed E-state index contributed by atoms with van der Waals surface area (Å²) in [5, 5.41) is 5.65.